The molecule has 0 aromatic carbocycles. The highest BCUT2D eigenvalue weighted by atomic mass is 32.2. The standard InChI is InChI=1S/C14H24N2O2S3/c1-2-21(17,18)14-12-19-11-9-16(14)8-7-15-6-5-13-4-3-10-20-13/h3-4,10,14-15H,2,5-9,11-12H2,1H3. The van der Waals surface area contributed by atoms with E-state index in [-0.39, 0.29) is 11.1 Å². The van der Waals surface area contributed by atoms with Gasteiger partial charge in [-0.2, -0.15) is 11.8 Å². The third kappa shape index (κ3) is 5.25. The molecule has 0 radical (unpaired) electrons. The summed E-state index contributed by atoms with van der Waals surface area (Å²) in [5.41, 5.74) is 0. The van der Waals surface area contributed by atoms with Crippen LogP contribution in [0.4, 0.5) is 0 Å². The molecule has 1 aromatic rings. The predicted molar refractivity (Wildman–Crippen MR) is 93.0 cm³/mol. The normalized spacial score (nSPS) is 20.7. The molecule has 0 aliphatic carbocycles. The van der Waals surface area contributed by atoms with Crippen LogP contribution in [0.3, 0.4) is 0 Å². The molecule has 1 unspecified atom stereocenters. The second-order valence-corrected chi connectivity index (χ2v) is 9.73. The monoisotopic (exact) mass is 348 g/mol. The minimum Gasteiger partial charge on any atom is -0.315 e. The molecule has 0 saturated carbocycles. The topological polar surface area (TPSA) is 49.4 Å². The van der Waals surface area contributed by atoms with Gasteiger partial charge in [-0.05, 0) is 17.9 Å². The van der Waals surface area contributed by atoms with Crippen molar-refractivity contribution in [2.24, 2.45) is 0 Å². The van der Waals surface area contributed by atoms with Crippen molar-refractivity contribution in [3.05, 3.63) is 22.4 Å². The Morgan fingerprint density at radius 2 is 2.29 bits per heavy atom. The summed E-state index contributed by atoms with van der Waals surface area (Å²) in [6.45, 7) is 5.24. The Labute approximate surface area is 136 Å². The van der Waals surface area contributed by atoms with Gasteiger partial charge in [-0.15, -0.1) is 11.3 Å². The van der Waals surface area contributed by atoms with Crippen LogP contribution < -0.4 is 5.32 Å². The lowest BCUT2D eigenvalue weighted by Gasteiger charge is -2.34. The molecule has 1 saturated heterocycles. The van der Waals surface area contributed by atoms with E-state index in [9.17, 15) is 8.42 Å². The molecule has 0 bridgehead atoms. The van der Waals surface area contributed by atoms with Crippen LogP contribution in [0.2, 0.25) is 0 Å². The molecular weight excluding hydrogens is 324 g/mol. The van der Waals surface area contributed by atoms with Gasteiger partial charge in [0.25, 0.3) is 0 Å². The van der Waals surface area contributed by atoms with E-state index in [1.165, 1.54) is 4.88 Å². The Hall–Kier alpha value is -0.0800. The van der Waals surface area contributed by atoms with Gasteiger partial charge < -0.3 is 5.32 Å². The predicted octanol–water partition coefficient (Wildman–Crippen LogP) is 1.69. The smallest absolute Gasteiger partial charge is 0.166 e. The molecule has 21 heavy (non-hydrogen) atoms. The van der Waals surface area contributed by atoms with E-state index in [0.29, 0.717) is 5.75 Å². The molecule has 4 nitrogen and oxygen atoms in total. The maximum Gasteiger partial charge on any atom is 0.166 e. The fraction of sp³-hybridized carbons (Fsp3) is 0.714. The van der Waals surface area contributed by atoms with Gasteiger partial charge in [0, 0.05) is 48.3 Å². The van der Waals surface area contributed by atoms with Crippen molar-refractivity contribution < 1.29 is 8.42 Å². The van der Waals surface area contributed by atoms with Crippen LogP contribution in [0.25, 0.3) is 0 Å². The maximum absolute atomic E-state index is 12.1. The molecule has 0 amide bonds. The number of rotatable bonds is 8. The number of sulfone groups is 1. The first-order valence-corrected chi connectivity index (χ1v) is 11.1. The number of hydrogen-bond donors (Lipinski definition) is 1. The summed E-state index contributed by atoms with van der Waals surface area (Å²) in [4.78, 5) is 3.52. The molecule has 1 aromatic heterocycles. The van der Waals surface area contributed by atoms with Gasteiger partial charge in [-0.1, -0.05) is 13.0 Å². The van der Waals surface area contributed by atoms with Crippen LogP contribution >= 0.6 is 23.1 Å². The van der Waals surface area contributed by atoms with E-state index in [2.05, 4.69) is 27.7 Å². The van der Waals surface area contributed by atoms with Crippen LogP contribution in [-0.4, -0.2) is 62.1 Å². The Balaban J connectivity index is 1.72. The van der Waals surface area contributed by atoms with Crippen molar-refractivity contribution in [1.82, 2.24) is 10.2 Å². The fourth-order valence-corrected chi connectivity index (χ4v) is 6.23. The third-order valence-electron chi connectivity index (χ3n) is 3.71. The summed E-state index contributed by atoms with van der Waals surface area (Å²) < 4.78 is 24.3. The Kier molecular flexibility index (Phi) is 7.01. The van der Waals surface area contributed by atoms with Crippen molar-refractivity contribution in [3.63, 3.8) is 0 Å². The first kappa shape index (κ1) is 17.3. The first-order valence-electron chi connectivity index (χ1n) is 7.40. The maximum atomic E-state index is 12.1. The van der Waals surface area contributed by atoms with Crippen molar-refractivity contribution in [2.75, 3.05) is 43.4 Å². The van der Waals surface area contributed by atoms with Gasteiger partial charge in [-0.25, -0.2) is 8.42 Å². The van der Waals surface area contributed by atoms with Crippen LogP contribution in [0, 0.1) is 0 Å². The highest BCUT2D eigenvalue weighted by Crippen LogP contribution is 2.20. The van der Waals surface area contributed by atoms with Gasteiger partial charge in [0.15, 0.2) is 9.84 Å². The highest BCUT2D eigenvalue weighted by Gasteiger charge is 2.32. The van der Waals surface area contributed by atoms with E-state index in [0.717, 1.165) is 38.4 Å². The molecule has 1 aliphatic rings. The molecule has 1 N–H and O–H groups in total. The summed E-state index contributed by atoms with van der Waals surface area (Å²) >= 11 is 3.53. The third-order valence-corrected chi connectivity index (χ3v) is 7.98. The lowest BCUT2D eigenvalue weighted by atomic mass is 10.3. The number of thioether (sulfide) groups is 1. The van der Waals surface area contributed by atoms with Crippen LogP contribution in [0.5, 0.6) is 0 Å². The SMILES string of the molecule is CCS(=O)(=O)C1CSCCN1CCNCCc1cccs1. The second kappa shape index (κ2) is 8.53. The van der Waals surface area contributed by atoms with Crippen molar-refractivity contribution >= 4 is 32.9 Å². The lowest BCUT2D eigenvalue weighted by molar-refractivity contribution is 0.270. The van der Waals surface area contributed by atoms with Gasteiger partial charge in [0.1, 0.15) is 5.37 Å². The summed E-state index contributed by atoms with van der Waals surface area (Å²) in [6, 6.07) is 4.23. The average Bonchev–Trinajstić information content (AvgIpc) is 3.00. The van der Waals surface area contributed by atoms with Gasteiger partial charge in [0.05, 0.1) is 0 Å². The van der Waals surface area contributed by atoms with Gasteiger partial charge >= 0.3 is 0 Å². The zero-order chi connectivity index (χ0) is 15.1. The van der Waals surface area contributed by atoms with Gasteiger partial charge in [-0.3, -0.25) is 4.90 Å². The van der Waals surface area contributed by atoms with E-state index in [1.54, 1.807) is 30.0 Å². The second-order valence-electron chi connectivity index (χ2n) is 5.10. The van der Waals surface area contributed by atoms with Crippen molar-refractivity contribution in [2.45, 2.75) is 18.7 Å². The number of nitrogens with zero attached hydrogens (tertiary/aromatic N) is 1. The van der Waals surface area contributed by atoms with Crippen molar-refractivity contribution in [3.8, 4) is 0 Å². The molecule has 2 rings (SSSR count). The number of thiophene rings is 1. The van der Waals surface area contributed by atoms with Crippen LogP contribution in [-0.2, 0) is 16.3 Å². The molecule has 1 atom stereocenters. The molecule has 1 fully saturated rings. The summed E-state index contributed by atoms with van der Waals surface area (Å²) in [5.74, 6) is 1.98. The molecular formula is C14H24N2O2S3. The van der Waals surface area contributed by atoms with E-state index >= 15 is 0 Å². The van der Waals surface area contributed by atoms with Gasteiger partial charge in [0.2, 0.25) is 0 Å². The zero-order valence-electron chi connectivity index (χ0n) is 12.5. The summed E-state index contributed by atoms with van der Waals surface area (Å²) in [6.07, 6.45) is 1.05. The quantitative estimate of drug-likeness (QED) is 0.725. The number of hydrogen-bond acceptors (Lipinski definition) is 6. The first-order chi connectivity index (χ1) is 10.1. The molecule has 120 valence electrons. The molecule has 0 spiro atoms. The van der Waals surface area contributed by atoms with Crippen LogP contribution in [0.1, 0.15) is 11.8 Å². The highest BCUT2D eigenvalue weighted by molar-refractivity contribution is 8.01. The summed E-state index contributed by atoms with van der Waals surface area (Å²) in [5, 5.41) is 5.23. The zero-order valence-corrected chi connectivity index (χ0v) is 14.9. The molecule has 2 heterocycles. The Morgan fingerprint density at radius 1 is 1.43 bits per heavy atom. The number of nitrogens with one attached hydrogen (secondary N) is 1. The minimum atomic E-state index is -2.97. The Morgan fingerprint density at radius 3 is 3.00 bits per heavy atom. The van der Waals surface area contributed by atoms with E-state index < -0.39 is 9.84 Å². The summed E-state index contributed by atoms with van der Waals surface area (Å²) in [7, 11) is -2.97. The minimum absolute atomic E-state index is 0.237. The fourth-order valence-electron chi connectivity index (χ4n) is 2.41. The van der Waals surface area contributed by atoms with Crippen molar-refractivity contribution in [1.29, 1.82) is 0 Å². The molecule has 7 heteroatoms. The van der Waals surface area contributed by atoms with Crippen LogP contribution in [0.15, 0.2) is 17.5 Å². The largest absolute Gasteiger partial charge is 0.315 e. The van der Waals surface area contributed by atoms with E-state index in [1.807, 2.05) is 0 Å². The average molecular weight is 349 g/mol. The molecule has 1 aliphatic heterocycles. The Bertz CT molecular complexity index is 502. The van der Waals surface area contributed by atoms with E-state index in [4.69, 9.17) is 0 Å². The lowest BCUT2D eigenvalue weighted by Crippen LogP contribution is -2.49.